The highest BCUT2D eigenvalue weighted by atomic mass is 35.5. The summed E-state index contributed by atoms with van der Waals surface area (Å²) in [5, 5.41) is 9.07. The van der Waals surface area contributed by atoms with Crippen LogP contribution in [0.4, 0.5) is 17.1 Å². The van der Waals surface area contributed by atoms with Gasteiger partial charge >= 0.3 is 0 Å². The Morgan fingerprint density at radius 2 is 1.96 bits per heavy atom. The van der Waals surface area contributed by atoms with E-state index in [9.17, 15) is 9.59 Å². The zero-order valence-electron chi connectivity index (χ0n) is 16.0. The van der Waals surface area contributed by atoms with Crippen molar-refractivity contribution in [2.75, 3.05) is 35.7 Å². The molecule has 152 valence electrons. The average Bonchev–Trinajstić information content (AvgIpc) is 2.78. The van der Waals surface area contributed by atoms with Crippen molar-refractivity contribution in [3.8, 4) is 0 Å². The fourth-order valence-corrected chi connectivity index (χ4v) is 2.94. The number of hydrogen-bond acceptors (Lipinski definition) is 4. The third-order valence-electron chi connectivity index (χ3n) is 4.38. The summed E-state index contributed by atoms with van der Waals surface area (Å²) in [6, 6.07) is 13.2. The van der Waals surface area contributed by atoms with E-state index in [1.807, 2.05) is 42.3 Å². The molecule has 1 aliphatic heterocycles. The van der Waals surface area contributed by atoms with E-state index < -0.39 is 0 Å². The summed E-state index contributed by atoms with van der Waals surface area (Å²) >= 11 is 0. The van der Waals surface area contributed by atoms with Crippen LogP contribution in [-0.4, -0.2) is 32.0 Å². The molecule has 1 aliphatic rings. The third-order valence-corrected chi connectivity index (χ3v) is 4.38. The van der Waals surface area contributed by atoms with Crippen molar-refractivity contribution in [2.24, 2.45) is 0 Å². The number of hydrogen-bond donors (Lipinski definition) is 3. The highest BCUT2D eigenvalue weighted by molar-refractivity contribution is 6.06. The van der Waals surface area contributed by atoms with Crippen molar-refractivity contribution < 1.29 is 9.59 Å². The summed E-state index contributed by atoms with van der Waals surface area (Å²) in [6.45, 7) is 4.37. The number of nitrogens with one attached hydrogen (secondary N) is 3. The number of fused-ring (bicyclic) bond motifs is 1. The van der Waals surface area contributed by atoms with Gasteiger partial charge in [0.25, 0.3) is 5.91 Å². The molecule has 2 aromatic rings. The molecule has 0 fully saturated rings. The predicted molar refractivity (Wildman–Crippen MR) is 119 cm³/mol. The second-order valence-electron chi connectivity index (χ2n) is 6.39. The molecule has 6 nitrogen and oxygen atoms in total. The van der Waals surface area contributed by atoms with Gasteiger partial charge < -0.3 is 20.9 Å². The highest BCUT2D eigenvalue weighted by Gasteiger charge is 2.18. The van der Waals surface area contributed by atoms with Gasteiger partial charge in [0.05, 0.1) is 11.4 Å². The lowest BCUT2D eigenvalue weighted by Gasteiger charge is -2.18. The Morgan fingerprint density at radius 1 is 1.18 bits per heavy atom. The zero-order valence-corrected chi connectivity index (χ0v) is 17.6. The van der Waals surface area contributed by atoms with Gasteiger partial charge in [-0.2, -0.15) is 0 Å². The van der Waals surface area contributed by atoms with E-state index in [4.69, 9.17) is 0 Å². The van der Waals surface area contributed by atoms with Crippen LogP contribution in [-0.2, 0) is 11.3 Å². The van der Waals surface area contributed by atoms with Gasteiger partial charge in [-0.3, -0.25) is 9.59 Å². The number of benzene rings is 2. The minimum atomic E-state index is -0.199. The SMILES string of the molecule is CCNCc1cccc(NC(=O)c2ccc3c(c2)NC(=O)CCN3C)c1.Cl.Cl. The molecule has 0 unspecified atom stereocenters. The predicted octanol–water partition coefficient (Wildman–Crippen LogP) is 3.67. The van der Waals surface area contributed by atoms with Crippen molar-refractivity contribution in [1.82, 2.24) is 5.32 Å². The van der Waals surface area contributed by atoms with Crippen LogP contribution < -0.4 is 20.9 Å². The zero-order chi connectivity index (χ0) is 18.5. The van der Waals surface area contributed by atoms with Gasteiger partial charge in [-0.15, -0.1) is 24.8 Å². The third kappa shape index (κ3) is 5.86. The van der Waals surface area contributed by atoms with Crippen LogP contribution in [0.3, 0.4) is 0 Å². The molecule has 0 atom stereocenters. The van der Waals surface area contributed by atoms with Crippen molar-refractivity contribution >= 4 is 53.7 Å². The summed E-state index contributed by atoms with van der Waals surface area (Å²) in [7, 11) is 1.94. The number of carbonyl (C=O) groups excluding carboxylic acids is 2. The van der Waals surface area contributed by atoms with Crippen LogP contribution in [0.1, 0.15) is 29.3 Å². The van der Waals surface area contributed by atoms with Gasteiger partial charge in [0.1, 0.15) is 0 Å². The summed E-state index contributed by atoms with van der Waals surface area (Å²) in [5.41, 5.74) is 3.96. The van der Waals surface area contributed by atoms with Crippen LogP contribution in [0.2, 0.25) is 0 Å². The maximum absolute atomic E-state index is 12.6. The van der Waals surface area contributed by atoms with Crippen molar-refractivity contribution in [3.63, 3.8) is 0 Å². The fraction of sp³-hybridized carbons (Fsp3) is 0.300. The Kier molecular flexibility index (Phi) is 9.25. The highest BCUT2D eigenvalue weighted by Crippen LogP contribution is 2.29. The largest absolute Gasteiger partial charge is 0.372 e. The molecule has 0 bridgehead atoms. The number of anilines is 3. The van der Waals surface area contributed by atoms with Crippen molar-refractivity contribution in [3.05, 3.63) is 53.6 Å². The maximum atomic E-state index is 12.6. The molecule has 1 heterocycles. The van der Waals surface area contributed by atoms with Crippen LogP contribution >= 0.6 is 24.8 Å². The lowest BCUT2D eigenvalue weighted by molar-refractivity contribution is -0.115. The first-order chi connectivity index (χ1) is 12.6. The van der Waals surface area contributed by atoms with Gasteiger partial charge in [-0.25, -0.2) is 0 Å². The van der Waals surface area contributed by atoms with Crippen LogP contribution in [0.25, 0.3) is 0 Å². The van der Waals surface area contributed by atoms with E-state index in [2.05, 4.69) is 22.9 Å². The molecule has 2 amide bonds. The fourth-order valence-electron chi connectivity index (χ4n) is 2.94. The molecular weight excluding hydrogens is 399 g/mol. The standard InChI is InChI=1S/C20H24N4O2.2ClH/c1-3-21-13-14-5-4-6-16(11-14)22-20(26)15-7-8-18-17(12-15)23-19(25)9-10-24(18)2;;/h4-8,11-12,21H,3,9-10,13H2,1-2H3,(H,22,26)(H,23,25);2*1H. The van der Waals surface area contributed by atoms with E-state index in [0.717, 1.165) is 30.0 Å². The number of halogens is 2. The van der Waals surface area contributed by atoms with E-state index in [1.165, 1.54) is 0 Å². The summed E-state index contributed by atoms with van der Waals surface area (Å²) in [4.78, 5) is 26.5. The van der Waals surface area contributed by atoms with Crippen LogP contribution in [0.15, 0.2) is 42.5 Å². The Labute approximate surface area is 177 Å². The summed E-state index contributed by atoms with van der Waals surface area (Å²) in [5.74, 6) is -0.237. The van der Waals surface area contributed by atoms with Crippen LogP contribution in [0.5, 0.6) is 0 Å². The number of nitrogens with zero attached hydrogens (tertiary/aromatic N) is 1. The first kappa shape index (κ1) is 23.8. The van der Waals surface area contributed by atoms with Gasteiger partial charge in [-0.05, 0) is 42.4 Å². The van der Waals surface area contributed by atoms with Gasteiger partial charge in [-0.1, -0.05) is 19.1 Å². The minimum absolute atomic E-state index is 0. The molecule has 3 rings (SSSR count). The molecule has 0 saturated heterocycles. The Bertz CT molecular complexity index is 830. The van der Waals surface area contributed by atoms with E-state index in [1.54, 1.807) is 12.1 Å². The molecule has 2 aromatic carbocycles. The molecule has 0 spiro atoms. The summed E-state index contributed by atoms with van der Waals surface area (Å²) in [6.07, 6.45) is 0.436. The van der Waals surface area contributed by atoms with E-state index in [-0.39, 0.29) is 36.6 Å². The second kappa shape index (κ2) is 10.9. The molecular formula is C20H26Cl2N4O2. The summed E-state index contributed by atoms with van der Waals surface area (Å²) < 4.78 is 0. The Hall–Kier alpha value is -2.28. The normalized spacial score (nSPS) is 12.6. The van der Waals surface area contributed by atoms with E-state index >= 15 is 0 Å². The number of rotatable bonds is 5. The van der Waals surface area contributed by atoms with Gasteiger partial charge in [0.15, 0.2) is 0 Å². The van der Waals surface area contributed by atoms with Gasteiger partial charge in [0.2, 0.25) is 5.91 Å². The average molecular weight is 425 g/mol. The minimum Gasteiger partial charge on any atom is -0.372 e. The molecule has 28 heavy (non-hydrogen) atoms. The quantitative estimate of drug-likeness (QED) is 0.684. The monoisotopic (exact) mass is 424 g/mol. The van der Waals surface area contributed by atoms with E-state index in [0.29, 0.717) is 24.2 Å². The molecule has 0 aromatic heterocycles. The number of amides is 2. The second-order valence-corrected chi connectivity index (χ2v) is 6.39. The molecule has 3 N–H and O–H groups in total. The molecule has 0 radical (unpaired) electrons. The van der Waals surface area contributed by atoms with Gasteiger partial charge in [0, 0.05) is 37.8 Å². The first-order valence-corrected chi connectivity index (χ1v) is 8.83. The Morgan fingerprint density at radius 3 is 2.71 bits per heavy atom. The smallest absolute Gasteiger partial charge is 0.255 e. The molecule has 0 aliphatic carbocycles. The van der Waals surface area contributed by atoms with Crippen molar-refractivity contribution in [1.29, 1.82) is 0 Å². The number of carbonyl (C=O) groups is 2. The van der Waals surface area contributed by atoms with Crippen molar-refractivity contribution in [2.45, 2.75) is 19.9 Å². The molecule has 0 saturated carbocycles. The molecule has 8 heteroatoms. The lowest BCUT2D eigenvalue weighted by atomic mass is 10.1. The lowest BCUT2D eigenvalue weighted by Crippen LogP contribution is -2.18. The topological polar surface area (TPSA) is 73.5 Å². The first-order valence-electron chi connectivity index (χ1n) is 8.83. The maximum Gasteiger partial charge on any atom is 0.255 e. The Balaban J connectivity index is 0.00000196. The van der Waals surface area contributed by atoms with Crippen LogP contribution in [0, 0.1) is 0 Å².